The molecular formula is C16H20N2O5. The molecular weight excluding hydrogens is 300 g/mol. The lowest BCUT2D eigenvalue weighted by molar-refractivity contribution is -0.163. The molecule has 0 spiro atoms. The van der Waals surface area contributed by atoms with Gasteiger partial charge in [0.2, 0.25) is 0 Å². The van der Waals surface area contributed by atoms with Crippen LogP contribution in [0.25, 0.3) is 0 Å². The predicted molar refractivity (Wildman–Crippen MR) is 81.9 cm³/mol. The smallest absolute Gasteiger partial charge is 0.347 e. The highest BCUT2D eigenvalue weighted by Crippen LogP contribution is 2.15. The predicted octanol–water partition coefficient (Wildman–Crippen LogP) is 1.25. The van der Waals surface area contributed by atoms with Crippen molar-refractivity contribution in [2.45, 2.75) is 33.0 Å². The van der Waals surface area contributed by atoms with E-state index in [0.717, 1.165) is 10.5 Å². The Balaban J connectivity index is 1.89. The van der Waals surface area contributed by atoms with E-state index in [9.17, 15) is 14.4 Å². The van der Waals surface area contributed by atoms with Gasteiger partial charge in [-0.2, -0.15) is 0 Å². The summed E-state index contributed by atoms with van der Waals surface area (Å²) in [5.74, 6) is -0.657. The Kier molecular flexibility index (Phi) is 5.20. The molecule has 2 rings (SSSR count). The second-order valence-corrected chi connectivity index (χ2v) is 5.38. The van der Waals surface area contributed by atoms with E-state index in [1.165, 1.54) is 6.92 Å². The first-order chi connectivity index (χ1) is 10.9. The number of urea groups is 1. The first-order valence-electron chi connectivity index (χ1n) is 7.41. The van der Waals surface area contributed by atoms with Crippen molar-refractivity contribution < 1.29 is 23.9 Å². The third kappa shape index (κ3) is 4.21. The normalized spacial score (nSPS) is 16.5. The van der Waals surface area contributed by atoms with Crippen molar-refractivity contribution in [3.63, 3.8) is 0 Å². The summed E-state index contributed by atoms with van der Waals surface area (Å²) in [6.07, 6.45) is -1.91. The number of rotatable bonds is 5. The van der Waals surface area contributed by atoms with Gasteiger partial charge < -0.3 is 14.8 Å². The van der Waals surface area contributed by atoms with E-state index >= 15 is 0 Å². The maximum Gasteiger partial charge on any atom is 0.347 e. The van der Waals surface area contributed by atoms with Crippen LogP contribution in [-0.4, -0.2) is 48.1 Å². The van der Waals surface area contributed by atoms with Crippen LogP contribution in [0.4, 0.5) is 4.79 Å². The van der Waals surface area contributed by atoms with Gasteiger partial charge in [0, 0.05) is 13.1 Å². The number of esters is 1. The molecule has 0 bridgehead atoms. The van der Waals surface area contributed by atoms with Crippen molar-refractivity contribution in [1.82, 2.24) is 10.2 Å². The molecule has 0 aromatic heterocycles. The molecule has 0 unspecified atom stereocenters. The van der Waals surface area contributed by atoms with Crippen LogP contribution in [0.15, 0.2) is 24.3 Å². The van der Waals surface area contributed by atoms with Crippen molar-refractivity contribution in [3.05, 3.63) is 29.8 Å². The Morgan fingerprint density at radius 2 is 2.00 bits per heavy atom. The first kappa shape index (κ1) is 16.8. The van der Waals surface area contributed by atoms with Crippen molar-refractivity contribution >= 4 is 17.9 Å². The number of hydrogen-bond acceptors (Lipinski definition) is 5. The minimum absolute atomic E-state index is 0.273. The van der Waals surface area contributed by atoms with E-state index in [-0.39, 0.29) is 6.54 Å². The molecule has 2 atom stereocenters. The number of amides is 3. The number of benzene rings is 1. The summed E-state index contributed by atoms with van der Waals surface area (Å²) < 4.78 is 10.6. The van der Waals surface area contributed by atoms with Crippen molar-refractivity contribution in [3.8, 4) is 5.75 Å². The second kappa shape index (κ2) is 7.13. The average molecular weight is 320 g/mol. The van der Waals surface area contributed by atoms with Crippen molar-refractivity contribution in [2.75, 3.05) is 13.1 Å². The summed E-state index contributed by atoms with van der Waals surface area (Å²) >= 11 is 0. The summed E-state index contributed by atoms with van der Waals surface area (Å²) in [6, 6.07) is 6.80. The van der Waals surface area contributed by atoms with Crippen LogP contribution in [-0.2, 0) is 14.3 Å². The zero-order valence-corrected chi connectivity index (χ0v) is 13.4. The van der Waals surface area contributed by atoms with E-state index in [1.54, 1.807) is 19.1 Å². The van der Waals surface area contributed by atoms with E-state index in [0.29, 0.717) is 12.3 Å². The molecule has 1 saturated heterocycles. The molecule has 3 amide bonds. The number of hydrogen-bond donors (Lipinski definition) is 1. The third-order valence-corrected chi connectivity index (χ3v) is 3.40. The summed E-state index contributed by atoms with van der Waals surface area (Å²) in [4.78, 5) is 36.6. The lowest BCUT2D eigenvalue weighted by atomic mass is 10.2. The monoisotopic (exact) mass is 320 g/mol. The van der Waals surface area contributed by atoms with Crippen LogP contribution in [0.5, 0.6) is 5.75 Å². The SMILES string of the molecule is Cc1cccc(O[C@@H](C)C(=O)O[C@H](C)C(=O)N2CCNC2=O)c1. The zero-order chi connectivity index (χ0) is 17.0. The van der Waals surface area contributed by atoms with Gasteiger partial charge in [0.15, 0.2) is 12.2 Å². The molecule has 1 aromatic rings. The Hall–Kier alpha value is -2.57. The number of aryl methyl sites for hydroxylation is 1. The maximum absolute atomic E-state index is 12.1. The van der Waals surface area contributed by atoms with Gasteiger partial charge in [0.05, 0.1) is 0 Å². The molecule has 1 N–H and O–H groups in total. The van der Waals surface area contributed by atoms with Crippen LogP contribution in [0.1, 0.15) is 19.4 Å². The molecule has 1 fully saturated rings. The van der Waals surface area contributed by atoms with E-state index in [4.69, 9.17) is 9.47 Å². The van der Waals surface area contributed by atoms with Gasteiger partial charge in [-0.3, -0.25) is 9.69 Å². The minimum atomic E-state index is -1.05. The van der Waals surface area contributed by atoms with Gasteiger partial charge in [-0.15, -0.1) is 0 Å². The lowest BCUT2D eigenvalue weighted by Crippen LogP contribution is -2.43. The van der Waals surface area contributed by atoms with Gasteiger partial charge in [-0.25, -0.2) is 9.59 Å². The van der Waals surface area contributed by atoms with Crippen LogP contribution in [0.2, 0.25) is 0 Å². The molecule has 7 heteroatoms. The number of carbonyl (C=O) groups is 3. The quantitative estimate of drug-likeness (QED) is 0.825. The highest BCUT2D eigenvalue weighted by molar-refractivity contribution is 5.98. The second-order valence-electron chi connectivity index (χ2n) is 5.38. The zero-order valence-electron chi connectivity index (χ0n) is 13.4. The molecule has 0 aliphatic carbocycles. The Labute approximate surface area is 134 Å². The number of carbonyl (C=O) groups excluding carboxylic acids is 3. The molecule has 1 aliphatic rings. The Morgan fingerprint density at radius 3 is 2.61 bits per heavy atom. The highest BCUT2D eigenvalue weighted by Gasteiger charge is 2.32. The van der Waals surface area contributed by atoms with Gasteiger partial charge in [-0.05, 0) is 38.5 Å². The molecule has 124 valence electrons. The number of imide groups is 1. The topological polar surface area (TPSA) is 84.9 Å². The molecule has 1 heterocycles. The molecule has 0 radical (unpaired) electrons. The number of nitrogens with one attached hydrogen (secondary N) is 1. The molecule has 23 heavy (non-hydrogen) atoms. The summed E-state index contributed by atoms with van der Waals surface area (Å²) in [5.41, 5.74) is 1.01. The van der Waals surface area contributed by atoms with Crippen LogP contribution >= 0.6 is 0 Å². The lowest BCUT2D eigenvalue weighted by Gasteiger charge is -2.20. The standard InChI is InChI=1S/C16H20N2O5/c1-10-5-4-6-13(9-10)22-12(3)15(20)23-11(2)14(19)18-8-7-17-16(18)21/h4-6,9,11-12H,7-8H2,1-3H3,(H,17,21)/t11-,12+/m1/s1. The minimum Gasteiger partial charge on any atom is -0.479 e. The van der Waals surface area contributed by atoms with Crippen LogP contribution in [0, 0.1) is 6.92 Å². The fraction of sp³-hybridized carbons (Fsp3) is 0.438. The number of nitrogens with zero attached hydrogens (tertiary/aromatic N) is 1. The summed E-state index contributed by atoms with van der Waals surface area (Å²) in [6.45, 7) is 5.57. The van der Waals surface area contributed by atoms with Crippen LogP contribution < -0.4 is 10.1 Å². The van der Waals surface area contributed by atoms with Gasteiger partial charge in [0.25, 0.3) is 5.91 Å². The van der Waals surface area contributed by atoms with Crippen LogP contribution in [0.3, 0.4) is 0 Å². The van der Waals surface area contributed by atoms with E-state index in [2.05, 4.69) is 5.32 Å². The van der Waals surface area contributed by atoms with Crippen molar-refractivity contribution in [1.29, 1.82) is 0 Å². The number of ether oxygens (including phenoxy) is 2. The summed E-state index contributed by atoms with van der Waals surface area (Å²) in [5, 5.41) is 2.52. The molecule has 1 aromatic carbocycles. The Bertz CT molecular complexity index is 616. The Morgan fingerprint density at radius 1 is 1.26 bits per heavy atom. The summed E-state index contributed by atoms with van der Waals surface area (Å²) in [7, 11) is 0. The van der Waals surface area contributed by atoms with Gasteiger partial charge >= 0.3 is 12.0 Å². The first-order valence-corrected chi connectivity index (χ1v) is 7.41. The largest absolute Gasteiger partial charge is 0.479 e. The third-order valence-electron chi connectivity index (χ3n) is 3.40. The van der Waals surface area contributed by atoms with E-state index < -0.39 is 30.1 Å². The van der Waals surface area contributed by atoms with Gasteiger partial charge in [-0.1, -0.05) is 12.1 Å². The fourth-order valence-electron chi connectivity index (χ4n) is 2.16. The fourth-order valence-corrected chi connectivity index (χ4v) is 2.16. The molecule has 7 nitrogen and oxygen atoms in total. The molecule has 1 aliphatic heterocycles. The maximum atomic E-state index is 12.1. The van der Waals surface area contributed by atoms with E-state index in [1.807, 2.05) is 19.1 Å². The average Bonchev–Trinajstić information content (AvgIpc) is 2.92. The molecule has 0 saturated carbocycles. The van der Waals surface area contributed by atoms with Crippen molar-refractivity contribution in [2.24, 2.45) is 0 Å². The van der Waals surface area contributed by atoms with Gasteiger partial charge in [0.1, 0.15) is 5.75 Å². The highest BCUT2D eigenvalue weighted by atomic mass is 16.6.